The Morgan fingerprint density at radius 3 is 2.57 bits per heavy atom. The van der Waals surface area contributed by atoms with Crippen LogP contribution < -0.4 is 4.90 Å². The second kappa shape index (κ2) is 7.05. The van der Waals surface area contributed by atoms with Gasteiger partial charge in [0.05, 0.1) is 10.4 Å². The third-order valence-corrected chi connectivity index (χ3v) is 7.16. The van der Waals surface area contributed by atoms with Gasteiger partial charge in [0.1, 0.15) is 0 Å². The van der Waals surface area contributed by atoms with Crippen LogP contribution >= 0.6 is 11.3 Å². The predicted molar refractivity (Wildman–Crippen MR) is 118 cm³/mol. The topological polar surface area (TPSA) is 66.6 Å². The van der Waals surface area contributed by atoms with Crippen molar-refractivity contribution in [1.82, 2.24) is 24.5 Å². The van der Waals surface area contributed by atoms with Crippen molar-refractivity contribution in [2.45, 2.75) is 19.3 Å². The van der Waals surface area contributed by atoms with Gasteiger partial charge in [-0.1, -0.05) is 24.6 Å². The number of carbonyl (C=O) groups excluding carboxylic acids is 1. The minimum absolute atomic E-state index is 0.255. The molecule has 4 heterocycles. The van der Waals surface area contributed by atoms with Gasteiger partial charge in [0.2, 0.25) is 11.9 Å². The van der Waals surface area contributed by atoms with Gasteiger partial charge in [0.15, 0.2) is 11.5 Å². The van der Waals surface area contributed by atoms with Crippen LogP contribution in [0.5, 0.6) is 0 Å². The fraction of sp³-hybridized carbons (Fsp3) is 0.364. The number of thiophene rings is 1. The highest BCUT2D eigenvalue weighted by Crippen LogP contribution is 2.32. The molecule has 2 fully saturated rings. The van der Waals surface area contributed by atoms with Crippen molar-refractivity contribution in [2.24, 2.45) is 5.92 Å². The normalized spacial score (nSPS) is 17.6. The molecule has 152 valence electrons. The lowest BCUT2D eigenvalue weighted by Crippen LogP contribution is -2.51. The van der Waals surface area contributed by atoms with Crippen molar-refractivity contribution in [1.29, 1.82) is 0 Å². The van der Waals surface area contributed by atoms with Crippen molar-refractivity contribution in [3.05, 3.63) is 41.8 Å². The third kappa shape index (κ3) is 2.78. The Balaban J connectivity index is 1.41. The molecule has 6 rings (SSSR count). The summed E-state index contributed by atoms with van der Waals surface area (Å²) in [5.41, 5.74) is 1.74. The number of hydrogen-bond donors (Lipinski definition) is 0. The molecule has 0 radical (unpaired) electrons. The van der Waals surface area contributed by atoms with E-state index in [1.165, 1.54) is 6.42 Å². The van der Waals surface area contributed by atoms with Crippen LogP contribution in [0.4, 0.5) is 5.95 Å². The van der Waals surface area contributed by atoms with Crippen LogP contribution in [-0.2, 0) is 4.79 Å². The molecule has 0 atom stereocenters. The smallest absolute Gasteiger partial charge is 0.225 e. The molecule has 1 saturated heterocycles. The highest BCUT2D eigenvalue weighted by Gasteiger charge is 2.32. The molecule has 1 saturated carbocycles. The van der Waals surface area contributed by atoms with Crippen molar-refractivity contribution < 1.29 is 4.79 Å². The number of carbonyl (C=O) groups is 1. The minimum atomic E-state index is 0.255. The predicted octanol–water partition coefficient (Wildman–Crippen LogP) is 3.45. The van der Waals surface area contributed by atoms with Crippen molar-refractivity contribution >= 4 is 39.7 Å². The van der Waals surface area contributed by atoms with Gasteiger partial charge in [-0.25, -0.2) is 9.38 Å². The van der Waals surface area contributed by atoms with Gasteiger partial charge in [-0.2, -0.15) is 0 Å². The zero-order valence-electron chi connectivity index (χ0n) is 16.6. The largest absolute Gasteiger partial charge is 0.339 e. The number of amides is 1. The molecule has 3 aromatic heterocycles. The molecule has 1 aliphatic heterocycles. The van der Waals surface area contributed by atoms with Crippen molar-refractivity contribution in [2.75, 3.05) is 31.1 Å². The van der Waals surface area contributed by atoms with E-state index in [-0.39, 0.29) is 5.92 Å². The summed E-state index contributed by atoms with van der Waals surface area (Å²) in [6.45, 7) is 3.01. The zero-order valence-corrected chi connectivity index (χ0v) is 17.4. The Hall–Kier alpha value is -3.00. The zero-order chi connectivity index (χ0) is 20.1. The van der Waals surface area contributed by atoms with E-state index in [9.17, 15) is 4.79 Å². The highest BCUT2D eigenvalue weighted by atomic mass is 32.1. The van der Waals surface area contributed by atoms with E-state index in [0.717, 1.165) is 72.2 Å². The van der Waals surface area contributed by atoms with Crippen LogP contribution in [0.15, 0.2) is 41.8 Å². The molecule has 2 aliphatic rings. The van der Waals surface area contributed by atoms with Crippen LogP contribution in [0.25, 0.3) is 27.3 Å². The summed E-state index contributed by atoms with van der Waals surface area (Å²) in [5, 5.41) is 12.1. The second-order valence-electron chi connectivity index (χ2n) is 8.03. The van der Waals surface area contributed by atoms with Crippen molar-refractivity contribution in [3.63, 3.8) is 0 Å². The molecule has 30 heavy (non-hydrogen) atoms. The molecule has 0 unspecified atom stereocenters. The first kappa shape index (κ1) is 17.8. The number of rotatable bonds is 3. The quantitative estimate of drug-likeness (QED) is 0.510. The second-order valence-corrected chi connectivity index (χ2v) is 8.98. The van der Waals surface area contributed by atoms with Gasteiger partial charge in [-0.15, -0.1) is 21.5 Å². The molecular formula is C22H22N6OS. The lowest BCUT2D eigenvalue weighted by atomic mass is 9.84. The Labute approximate surface area is 178 Å². The summed E-state index contributed by atoms with van der Waals surface area (Å²) in [5.74, 6) is 2.26. The first-order valence-electron chi connectivity index (χ1n) is 10.5. The van der Waals surface area contributed by atoms with E-state index in [2.05, 4.69) is 30.9 Å². The Bertz CT molecular complexity index is 1220. The van der Waals surface area contributed by atoms with Crippen molar-refractivity contribution in [3.8, 4) is 10.7 Å². The SMILES string of the molecule is O=C(C1CCC1)N1CCN(c2nc3ccccc3c3nnc(-c4cccs4)n23)CC1. The summed E-state index contributed by atoms with van der Waals surface area (Å²) in [7, 11) is 0. The van der Waals surface area contributed by atoms with Gasteiger partial charge in [-0.05, 0) is 36.4 Å². The van der Waals surface area contributed by atoms with Crippen LogP contribution in [0.2, 0.25) is 0 Å². The van der Waals surface area contributed by atoms with E-state index in [1.54, 1.807) is 11.3 Å². The molecule has 0 N–H and O–H groups in total. The van der Waals surface area contributed by atoms with Gasteiger partial charge in [-0.3, -0.25) is 4.79 Å². The summed E-state index contributed by atoms with van der Waals surface area (Å²) >= 11 is 1.65. The lowest BCUT2D eigenvalue weighted by molar-refractivity contribution is -0.138. The van der Waals surface area contributed by atoms with E-state index < -0.39 is 0 Å². The van der Waals surface area contributed by atoms with Gasteiger partial charge >= 0.3 is 0 Å². The molecule has 0 spiro atoms. The Morgan fingerprint density at radius 2 is 1.83 bits per heavy atom. The maximum absolute atomic E-state index is 12.6. The van der Waals surface area contributed by atoms with Crippen LogP contribution in [0.1, 0.15) is 19.3 Å². The molecule has 4 aromatic rings. The van der Waals surface area contributed by atoms with Gasteiger partial charge in [0.25, 0.3) is 0 Å². The number of aromatic nitrogens is 4. The maximum Gasteiger partial charge on any atom is 0.225 e. The first-order valence-corrected chi connectivity index (χ1v) is 11.4. The monoisotopic (exact) mass is 418 g/mol. The molecule has 8 heteroatoms. The number of piperazine rings is 1. The fourth-order valence-corrected chi connectivity index (χ4v) is 5.08. The molecular weight excluding hydrogens is 396 g/mol. The van der Waals surface area contributed by atoms with E-state index in [1.807, 2.05) is 35.2 Å². The summed E-state index contributed by atoms with van der Waals surface area (Å²) in [6, 6.07) is 12.2. The fourth-order valence-electron chi connectivity index (χ4n) is 4.38. The summed E-state index contributed by atoms with van der Waals surface area (Å²) < 4.78 is 2.08. The molecule has 1 aliphatic carbocycles. The number of fused-ring (bicyclic) bond motifs is 3. The van der Waals surface area contributed by atoms with E-state index >= 15 is 0 Å². The Morgan fingerprint density at radius 1 is 1.00 bits per heavy atom. The number of anilines is 1. The highest BCUT2D eigenvalue weighted by molar-refractivity contribution is 7.13. The standard InChI is InChI=1S/C22H22N6OS/c29-21(15-5-3-6-15)26-10-12-27(13-11-26)22-23-17-8-2-1-7-16(17)19-24-25-20(28(19)22)18-9-4-14-30-18/h1-2,4,7-9,14-15H,3,5-6,10-13H2. The van der Waals surface area contributed by atoms with Crippen LogP contribution in [0.3, 0.4) is 0 Å². The maximum atomic E-state index is 12.6. The third-order valence-electron chi connectivity index (χ3n) is 6.30. The average Bonchev–Trinajstić information content (AvgIpc) is 3.42. The molecule has 0 bridgehead atoms. The Kier molecular flexibility index (Phi) is 4.19. The number of benzene rings is 1. The molecule has 1 amide bonds. The van der Waals surface area contributed by atoms with Crippen LogP contribution in [-0.4, -0.2) is 56.6 Å². The molecule has 7 nitrogen and oxygen atoms in total. The van der Waals surface area contributed by atoms with Gasteiger partial charge in [0, 0.05) is 37.5 Å². The molecule has 1 aromatic carbocycles. The number of nitrogens with zero attached hydrogens (tertiary/aromatic N) is 6. The number of para-hydroxylation sites is 1. The van der Waals surface area contributed by atoms with Crippen LogP contribution in [0, 0.1) is 5.92 Å². The average molecular weight is 419 g/mol. The lowest BCUT2D eigenvalue weighted by Gasteiger charge is -2.38. The van der Waals surface area contributed by atoms with E-state index in [0.29, 0.717) is 5.91 Å². The summed E-state index contributed by atoms with van der Waals surface area (Å²) in [6.07, 6.45) is 3.29. The minimum Gasteiger partial charge on any atom is -0.339 e. The van der Waals surface area contributed by atoms with Gasteiger partial charge < -0.3 is 9.80 Å². The first-order chi connectivity index (χ1) is 14.8. The van der Waals surface area contributed by atoms with E-state index in [4.69, 9.17) is 4.98 Å². The summed E-state index contributed by atoms with van der Waals surface area (Å²) in [4.78, 5) is 23.0. The number of hydrogen-bond acceptors (Lipinski definition) is 6.